The van der Waals surface area contributed by atoms with E-state index in [1.165, 1.54) is 50.5 Å². The maximum absolute atomic E-state index is 5.44. The molecule has 0 unspecified atom stereocenters. The normalized spacial score (nSPS) is 15.4. The number of unbranched alkanes of at least 4 members (excludes halogenated alkanes) is 2. The number of aliphatic imine (C=N–C) groups is 1. The second-order valence-corrected chi connectivity index (χ2v) is 7.04. The third-order valence-electron chi connectivity index (χ3n) is 5.06. The fraction of sp³-hybridized carbons (Fsp3) is 0.667. The Morgan fingerprint density at radius 1 is 1.15 bits per heavy atom. The summed E-state index contributed by atoms with van der Waals surface area (Å²) in [7, 11) is 4.02. The second-order valence-electron chi connectivity index (χ2n) is 7.04. The molecule has 0 saturated carbocycles. The van der Waals surface area contributed by atoms with Crippen LogP contribution in [0.1, 0.15) is 44.1 Å². The Morgan fingerprint density at radius 2 is 1.88 bits per heavy atom. The average molecular weight is 473 g/mol. The quantitative estimate of drug-likeness (QED) is 0.251. The van der Waals surface area contributed by atoms with E-state index in [1.807, 2.05) is 7.05 Å². The van der Waals surface area contributed by atoms with Crippen molar-refractivity contribution < 1.29 is 4.74 Å². The van der Waals surface area contributed by atoms with Crippen molar-refractivity contribution in [3.05, 3.63) is 35.9 Å². The van der Waals surface area contributed by atoms with E-state index in [1.54, 1.807) is 0 Å². The number of halogens is 1. The lowest BCUT2D eigenvalue weighted by Gasteiger charge is -2.26. The summed E-state index contributed by atoms with van der Waals surface area (Å²) in [6.45, 7) is 3.94. The van der Waals surface area contributed by atoms with Gasteiger partial charge < -0.3 is 15.0 Å². The first-order chi connectivity index (χ1) is 12.3. The van der Waals surface area contributed by atoms with Crippen LogP contribution in [0, 0.1) is 5.92 Å². The van der Waals surface area contributed by atoms with E-state index in [9.17, 15) is 0 Å². The number of ether oxygens (including phenoxy) is 1. The molecule has 1 aromatic rings. The lowest BCUT2D eigenvalue weighted by Crippen LogP contribution is -2.40. The van der Waals surface area contributed by atoms with E-state index in [0.717, 1.165) is 38.2 Å². The molecular weight excluding hydrogens is 437 g/mol. The number of rotatable bonds is 9. The smallest absolute Gasteiger partial charge is 0.193 e. The Bertz CT molecular complexity index is 489. The lowest BCUT2D eigenvalue weighted by molar-refractivity contribution is 0.0625. The van der Waals surface area contributed by atoms with Crippen molar-refractivity contribution in [2.24, 2.45) is 10.9 Å². The standard InChI is InChI=1S/C21H35N3O.HI/c1-22-21(24(2)16-12-20-13-17-25-18-14-20)23-15-8-4-7-11-19-9-5-3-6-10-19;/h3,5-6,9-10,20H,4,7-8,11-18H2,1-2H3,(H,22,23);1H. The minimum Gasteiger partial charge on any atom is -0.381 e. The molecule has 0 atom stereocenters. The van der Waals surface area contributed by atoms with Crippen LogP contribution in [-0.2, 0) is 11.2 Å². The second kappa shape index (κ2) is 14.3. The number of hydrogen-bond donors (Lipinski definition) is 1. The number of aryl methyl sites for hydroxylation is 1. The molecule has 26 heavy (non-hydrogen) atoms. The molecule has 148 valence electrons. The van der Waals surface area contributed by atoms with Gasteiger partial charge in [-0.1, -0.05) is 36.8 Å². The van der Waals surface area contributed by atoms with Crippen LogP contribution < -0.4 is 5.32 Å². The van der Waals surface area contributed by atoms with Crippen molar-refractivity contribution in [1.82, 2.24) is 10.2 Å². The first-order valence-electron chi connectivity index (χ1n) is 9.83. The zero-order chi connectivity index (χ0) is 17.7. The van der Waals surface area contributed by atoms with Crippen LogP contribution in [-0.4, -0.2) is 51.3 Å². The van der Waals surface area contributed by atoms with Gasteiger partial charge in [0.1, 0.15) is 0 Å². The molecule has 4 nitrogen and oxygen atoms in total. The van der Waals surface area contributed by atoms with Gasteiger partial charge in [-0.2, -0.15) is 0 Å². The van der Waals surface area contributed by atoms with Gasteiger partial charge in [-0.3, -0.25) is 4.99 Å². The predicted molar refractivity (Wildman–Crippen MR) is 122 cm³/mol. The molecule has 0 amide bonds. The van der Waals surface area contributed by atoms with Gasteiger partial charge in [-0.25, -0.2) is 0 Å². The van der Waals surface area contributed by atoms with Crippen molar-refractivity contribution >= 4 is 29.9 Å². The highest BCUT2D eigenvalue weighted by atomic mass is 127. The summed E-state index contributed by atoms with van der Waals surface area (Å²) in [5.41, 5.74) is 1.44. The van der Waals surface area contributed by atoms with Crippen LogP contribution in [0.2, 0.25) is 0 Å². The molecule has 0 aliphatic carbocycles. The predicted octanol–water partition coefficient (Wildman–Crippen LogP) is 4.34. The molecule has 0 aromatic heterocycles. The van der Waals surface area contributed by atoms with Crippen LogP contribution in [0.15, 0.2) is 35.3 Å². The van der Waals surface area contributed by atoms with Crippen LogP contribution >= 0.6 is 24.0 Å². The first-order valence-corrected chi connectivity index (χ1v) is 9.83. The average Bonchev–Trinajstić information content (AvgIpc) is 2.67. The highest BCUT2D eigenvalue weighted by Crippen LogP contribution is 2.18. The molecule has 1 saturated heterocycles. The molecule has 1 aromatic carbocycles. The van der Waals surface area contributed by atoms with Gasteiger partial charge >= 0.3 is 0 Å². The third kappa shape index (κ3) is 9.21. The van der Waals surface area contributed by atoms with Gasteiger partial charge in [-0.15, -0.1) is 24.0 Å². The topological polar surface area (TPSA) is 36.9 Å². The summed E-state index contributed by atoms with van der Waals surface area (Å²) in [5, 5.41) is 3.51. The molecular formula is C21H36IN3O. The van der Waals surface area contributed by atoms with E-state index in [4.69, 9.17) is 4.74 Å². The van der Waals surface area contributed by atoms with Crippen molar-refractivity contribution in [3.63, 3.8) is 0 Å². The molecule has 0 bridgehead atoms. The maximum atomic E-state index is 5.44. The van der Waals surface area contributed by atoms with E-state index >= 15 is 0 Å². The number of benzene rings is 1. The number of guanidine groups is 1. The van der Waals surface area contributed by atoms with Gasteiger partial charge in [0.25, 0.3) is 0 Å². The molecule has 0 spiro atoms. The van der Waals surface area contributed by atoms with Crippen LogP contribution in [0.4, 0.5) is 0 Å². The highest BCUT2D eigenvalue weighted by molar-refractivity contribution is 14.0. The monoisotopic (exact) mass is 473 g/mol. The minimum absolute atomic E-state index is 0. The molecule has 1 fully saturated rings. The molecule has 1 heterocycles. The van der Waals surface area contributed by atoms with Crippen LogP contribution in [0.25, 0.3) is 0 Å². The number of nitrogens with zero attached hydrogens (tertiary/aromatic N) is 2. The summed E-state index contributed by atoms with van der Waals surface area (Å²) >= 11 is 0. The molecule has 5 heteroatoms. The maximum Gasteiger partial charge on any atom is 0.193 e. The van der Waals surface area contributed by atoms with E-state index < -0.39 is 0 Å². The van der Waals surface area contributed by atoms with E-state index in [-0.39, 0.29) is 24.0 Å². The molecule has 2 rings (SSSR count). The van der Waals surface area contributed by atoms with Crippen LogP contribution in [0.5, 0.6) is 0 Å². The Morgan fingerprint density at radius 3 is 2.58 bits per heavy atom. The summed E-state index contributed by atoms with van der Waals surface area (Å²) in [6.07, 6.45) is 8.54. The van der Waals surface area contributed by atoms with Crippen molar-refractivity contribution in [3.8, 4) is 0 Å². The largest absolute Gasteiger partial charge is 0.381 e. The lowest BCUT2D eigenvalue weighted by atomic mass is 9.96. The molecule has 1 N–H and O–H groups in total. The summed E-state index contributed by atoms with van der Waals surface area (Å²) < 4.78 is 5.44. The van der Waals surface area contributed by atoms with E-state index in [0.29, 0.717) is 0 Å². The van der Waals surface area contributed by atoms with Gasteiger partial charge in [-0.05, 0) is 50.0 Å². The van der Waals surface area contributed by atoms with Crippen molar-refractivity contribution in [1.29, 1.82) is 0 Å². The Balaban J connectivity index is 0.00000338. The van der Waals surface area contributed by atoms with Crippen molar-refractivity contribution in [2.45, 2.75) is 44.9 Å². The third-order valence-corrected chi connectivity index (χ3v) is 5.06. The summed E-state index contributed by atoms with van der Waals surface area (Å²) in [6, 6.07) is 10.8. The number of nitrogens with one attached hydrogen (secondary N) is 1. The Labute approximate surface area is 176 Å². The molecule has 1 aliphatic heterocycles. The molecule has 0 radical (unpaired) electrons. The first kappa shape index (κ1) is 23.2. The fourth-order valence-corrected chi connectivity index (χ4v) is 3.38. The summed E-state index contributed by atoms with van der Waals surface area (Å²) in [4.78, 5) is 6.69. The Hall–Kier alpha value is -0.820. The van der Waals surface area contributed by atoms with Gasteiger partial charge in [0.05, 0.1) is 0 Å². The Kier molecular flexibility index (Phi) is 12.7. The number of hydrogen-bond acceptors (Lipinski definition) is 2. The molecule has 1 aliphatic rings. The van der Waals surface area contributed by atoms with Gasteiger partial charge in [0.15, 0.2) is 5.96 Å². The van der Waals surface area contributed by atoms with Gasteiger partial charge in [0.2, 0.25) is 0 Å². The van der Waals surface area contributed by atoms with Gasteiger partial charge in [0, 0.05) is 40.4 Å². The summed E-state index contributed by atoms with van der Waals surface area (Å²) in [5.74, 6) is 1.84. The SMILES string of the molecule is CN=C(NCCCCCc1ccccc1)N(C)CCC1CCOCC1.I. The zero-order valence-electron chi connectivity index (χ0n) is 16.5. The fourth-order valence-electron chi connectivity index (χ4n) is 3.38. The van der Waals surface area contributed by atoms with Crippen molar-refractivity contribution in [2.75, 3.05) is 40.4 Å². The minimum atomic E-state index is 0. The zero-order valence-corrected chi connectivity index (χ0v) is 18.8. The van der Waals surface area contributed by atoms with E-state index in [2.05, 4.69) is 52.6 Å². The highest BCUT2D eigenvalue weighted by Gasteiger charge is 2.15. The van der Waals surface area contributed by atoms with Crippen LogP contribution in [0.3, 0.4) is 0 Å².